The van der Waals surface area contributed by atoms with E-state index in [0.29, 0.717) is 0 Å². The average Bonchev–Trinajstić information content (AvgIpc) is 2.34. The Morgan fingerprint density at radius 2 is 1.78 bits per heavy atom. The highest BCUT2D eigenvalue weighted by Gasteiger charge is 2.17. The van der Waals surface area contributed by atoms with Gasteiger partial charge < -0.3 is 5.73 Å². The third-order valence-electron chi connectivity index (χ3n) is 2.63. The molecule has 92 valence electrons. The molecule has 0 heterocycles. The van der Waals surface area contributed by atoms with Crippen molar-refractivity contribution in [3.8, 4) is 0 Å². The summed E-state index contributed by atoms with van der Waals surface area (Å²) in [5, 5.41) is 0. The first-order valence-electron chi connectivity index (χ1n) is 5.35. The molecule has 0 aliphatic carbocycles. The second kappa shape index (κ2) is 4.56. The third-order valence-corrected chi connectivity index (χ3v) is 2.63. The Hall–Kier alpha value is -2.23. The molecule has 0 aliphatic rings. The van der Waals surface area contributed by atoms with Crippen LogP contribution in [0, 0.1) is 18.6 Å². The van der Waals surface area contributed by atoms with E-state index >= 15 is 0 Å². The third kappa shape index (κ3) is 2.22. The van der Waals surface area contributed by atoms with Crippen LogP contribution in [0.1, 0.15) is 21.5 Å². The number of anilines is 1. The number of carbonyl (C=O) groups excluding carboxylic acids is 1. The summed E-state index contributed by atoms with van der Waals surface area (Å²) in [7, 11) is 0. The molecule has 0 aromatic heterocycles. The van der Waals surface area contributed by atoms with Crippen LogP contribution >= 0.6 is 0 Å². The molecule has 2 aromatic rings. The molecule has 4 heteroatoms. The van der Waals surface area contributed by atoms with E-state index in [-0.39, 0.29) is 16.8 Å². The topological polar surface area (TPSA) is 43.1 Å². The molecule has 0 atom stereocenters. The lowest BCUT2D eigenvalue weighted by Crippen LogP contribution is -2.08. The van der Waals surface area contributed by atoms with E-state index in [2.05, 4.69) is 0 Å². The van der Waals surface area contributed by atoms with Crippen LogP contribution in [0.3, 0.4) is 0 Å². The first-order valence-corrected chi connectivity index (χ1v) is 5.35. The molecule has 2 nitrogen and oxygen atoms in total. The Morgan fingerprint density at radius 1 is 1.06 bits per heavy atom. The highest BCUT2D eigenvalue weighted by atomic mass is 19.1. The van der Waals surface area contributed by atoms with E-state index in [1.165, 1.54) is 18.2 Å². The Kier molecular flexibility index (Phi) is 3.10. The molecule has 0 unspecified atom stereocenters. The van der Waals surface area contributed by atoms with Crippen molar-refractivity contribution in [1.82, 2.24) is 0 Å². The molecule has 0 radical (unpaired) electrons. The Labute approximate surface area is 103 Å². The number of hydrogen-bond acceptors (Lipinski definition) is 2. The molecule has 0 aliphatic heterocycles. The van der Waals surface area contributed by atoms with Crippen LogP contribution in [0.4, 0.5) is 14.5 Å². The van der Waals surface area contributed by atoms with Crippen LogP contribution in [0.25, 0.3) is 0 Å². The number of nitrogens with two attached hydrogens (primary N) is 1. The van der Waals surface area contributed by atoms with E-state index in [4.69, 9.17) is 5.73 Å². The highest BCUT2D eigenvalue weighted by molar-refractivity contribution is 6.12. The van der Waals surface area contributed by atoms with Gasteiger partial charge in [0.1, 0.15) is 11.6 Å². The molecular weight excluding hydrogens is 236 g/mol. The fourth-order valence-corrected chi connectivity index (χ4v) is 1.68. The standard InChI is InChI=1S/C14H11F2NO/c1-8-2-4-12(16)10(6-8)14(18)11-7-9(15)3-5-13(11)17/h2-7H,17H2,1H3. The van der Waals surface area contributed by atoms with Crippen LogP contribution < -0.4 is 5.73 Å². The summed E-state index contributed by atoms with van der Waals surface area (Å²) in [4.78, 5) is 12.1. The number of hydrogen-bond donors (Lipinski definition) is 1. The number of aryl methyl sites for hydroxylation is 1. The first-order chi connectivity index (χ1) is 8.49. The number of rotatable bonds is 2. The lowest BCUT2D eigenvalue weighted by atomic mass is 9.99. The SMILES string of the molecule is Cc1ccc(F)c(C(=O)c2cc(F)ccc2N)c1. The van der Waals surface area contributed by atoms with E-state index in [9.17, 15) is 13.6 Å². The molecule has 0 fully saturated rings. The minimum atomic E-state index is -0.644. The smallest absolute Gasteiger partial charge is 0.198 e. The van der Waals surface area contributed by atoms with Crippen molar-refractivity contribution in [3.05, 3.63) is 64.7 Å². The van der Waals surface area contributed by atoms with E-state index < -0.39 is 17.4 Å². The summed E-state index contributed by atoms with van der Waals surface area (Å²) in [6, 6.07) is 7.63. The molecule has 0 amide bonds. The van der Waals surface area contributed by atoms with Gasteiger partial charge in [-0.3, -0.25) is 4.79 Å². The Balaban J connectivity index is 2.54. The van der Waals surface area contributed by atoms with Crippen molar-refractivity contribution in [2.75, 3.05) is 5.73 Å². The van der Waals surface area contributed by atoms with E-state index in [1.54, 1.807) is 13.0 Å². The number of nitrogen functional groups attached to an aromatic ring is 1. The summed E-state index contributed by atoms with van der Waals surface area (Å²) in [5.41, 5.74) is 6.35. The maximum Gasteiger partial charge on any atom is 0.198 e. The van der Waals surface area contributed by atoms with Crippen LogP contribution in [-0.4, -0.2) is 5.78 Å². The van der Waals surface area contributed by atoms with Gasteiger partial charge in [-0.2, -0.15) is 0 Å². The number of benzene rings is 2. The molecule has 0 saturated heterocycles. The molecule has 2 N–H and O–H groups in total. The van der Waals surface area contributed by atoms with Gasteiger partial charge in [0.25, 0.3) is 0 Å². The van der Waals surface area contributed by atoms with Crippen LogP contribution in [0.15, 0.2) is 36.4 Å². The summed E-state index contributed by atoms with van der Waals surface area (Å²) in [6.07, 6.45) is 0. The number of halogens is 2. The van der Waals surface area contributed by atoms with E-state index in [0.717, 1.165) is 17.7 Å². The predicted octanol–water partition coefficient (Wildman–Crippen LogP) is 3.09. The van der Waals surface area contributed by atoms with Gasteiger partial charge in [-0.1, -0.05) is 11.6 Å². The van der Waals surface area contributed by atoms with Gasteiger partial charge in [0, 0.05) is 11.3 Å². The zero-order valence-corrected chi connectivity index (χ0v) is 9.71. The van der Waals surface area contributed by atoms with Crippen LogP contribution in [-0.2, 0) is 0 Å². The zero-order valence-electron chi connectivity index (χ0n) is 9.71. The molecule has 18 heavy (non-hydrogen) atoms. The largest absolute Gasteiger partial charge is 0.398 e. The van der Waals surface area contributed by atoms with Crippen LogP contribution in [0.5, 0.6) is 0 Å². The summed E-state index contributed by atoms with van der Waals surface area (Å²) < 4.78 is 26.7. The first kappa shape index (κ1) is 12.2. The predicted molar refractivity (Wildman–Crippen MR) is 65.4 cm³/mol. The second-order valence-electron chi connectivity index (χ2n) is 4.04. The summed E-state index contributed by atoms with van der Waals surface area (Å²) in [6.45, 7) is 1.74. The highest BCUT2D eigenvalue weighted by Crippen LogP contribution is 2.20. The van der Waals surface area contributed by atoms with Crippen molar-refractivity contribution >= 4 is 11.5 Å². The van der Waals surface area contributed by atoms with Gasteiger partial charge in [-0.05, 0) is 37.3 Å². The van der Waals surface area contributed by atoms with Gasteiger partial charge in [0.15, 0.2) is 5.78 Å². The Bertz CT molecular complexity index is 570. The van der Waals surface area contributed by atoms with Crippen molar-refractivity contribution in [3.63, 3.8) is 0 Å². The van der Waals surface area contributed by atoms with Crippen molar-refractivity contribution in [1.29, 1.82) is 0 Å². The summed E-state index contributed by atoms with van der Waals surface area (Å²) >= 11 is 0. The minimum Gasteiger partial charge on any atom is -0.398 e. The number of ketones is 1. The Morgan fingerprint density at radius 3 is 2.50 bits per heavy atom. The minimum absolute atomic E-state index is 0.0282. The fraction of sp³-hybridized carbons (Fsp3) is 0.0714. The van der Waals surface area contributed by atoms with Gasteiger partial charge in [0.2, 0.25) is 0 Å². The molecule has 2 rings (SSSR count). The molecule has 2 aromatic carbocycles. The van der Waals surface area contributed by atoms with Gasteiger partial charge >= 0.3 is 0 Å². The maximum atomic E-state index is 13.6. The molecule has 0 spiro atoms. The lowest BCUT2D eigenvalue weighted by molar-refractivity contribution is 0.103. The van der Waals surface area contributed by atoms with Crippen molar-refractivity contribution in [2.24, 2.45) is 0 Å². The zero-order chi connectivity index (χ0) is 13.3. The van der Waals surface area contributed by atoms with Crippen LogP contribution in [0.2, 0.25) is 0 Å². The fourth-order valence-electron chi connectivity index (χ4n) is 1.68. The van der Waals surface area contributed by atoms with Gasteiger partial charge in [-0.15, -0.1) is 0 Å². The average molecular weight is 247 g/mol. The lowest BCUT2D eigenvalue weighted by Gasteiger charge is -2.07. The quantitative estimate of drug-likeness (QED) is 0.654. The summed E-state index contributed by atoms with van der Waals surface area (Å²) in [5.74, 6) is -1.84. The number of carbonyl (C=O) groups is 1. The van der Waals surface area contributed by atoms with Gasteiger partial charge in [-0.25, -0.2) is 8.78 Å². The molecule has 0 saturated carbocycles. The van der Waals surface area contributed by atoms with Gasteiger partial charge in [0.05, 0.1) is 5.56 Å². The normalized spacial score (nSPS) is 10.4. The van der Waals surface area contributed by atoms with E-state index in [1.807, 2.05) is 0 Å². The van der Waals surface area contributed by atoms with Crippen molar-refractivity contribution in [2.45, 2.75) is 6.92 Å². The van der Waals surface area contributed by atoms with Crippen molar-refractivity contribution < 1.29 is 13.6 Å². The molecule has 0 bridgehead atoms. The maximum absolute atomic E-state index is 13.6. The monoisotopic (exact) mass is 247 g/mol. The molecular formula is C14H11F2NO. The second-order valence-corrected chi connectivity index (χ2v) is 4.04.